The van der Waals surface area contributed by atoms with Gasteiger partial charge >= 0.3 is 0 Å². The quantitative estimate of drug-likeness (QED) is 0.705. The largest absolute Gasteiger partial charge is 0.340 e. The van der Waals surface area contributed by atoms with Gasteiger partial charge in [-0.3, -0.25) is 14.4 Å². The second-order valence-corrected chi connectivity index (χ2v) is 6.04. The first-order valence-corrected chi connectivity index (χ1v) is 8.17. The Morgan fingerprint density at radius 2 is 1.62 bits per heavy atom. The van der Waals surface area contributed by atoms with E-state index in [0.29, 0.717) is 11.3 Å². The van der Waals surface area contributed by atoms with Crippen molar-refractivity contribution in [1.82, 2.24) is 4.98 Å². The molecule has 3 rings (SSSR count). The van der Waals surface area contributed by atoms with E-state index in [9.17, 15) is 14.4 Å². The molecule has 0 saturated carbocycles. The van der Waals surface area contributed by atoms with E-state index in [1.54, 1.807) is 30.3 Å². The molecular weight excluding hydrogens is 328 g/mol. The Morgan fingerprint density at radius 1 is 0.962 bits per heavy atom. The summed E-state index contributed by atoms with van der Waals surface area (Å²) in [7, 11) is 0. The molecule has 0 aliphatic carbocycles. The molecule has 0 atom stereocenters. The minimum absolute atomic E-state index is 0.0647. The lowest BCUT2D eigenvalue weighted by atomic mass is 10.1. The number of carbonyl (C=O) groups is 2. The van der Waals surface area contributed by atoms with Gasteiger partial charge in [0.2, 0.25) is 0 Å². The number of nitrogens with one attached hydrogen (secondary N) is 2. The average Bonchev–Trinajstić information content (AvgIpc) is 2.62. The van der Waals surface area contributed by atoms with Crippen LogP contribution in [0.3, 0.4) is 0 Å². The minimum Gasteiger partial charge on any atom is -0.340 e. The van der Waals surface area contributed by atoms with Crippen molar-refractivity contribution in [2.45, 2.75) is 13.8 Å². The molecule has 1 heterocycles. The molecule has 1 amide bonds. The summed E-state index contributed by atoms with van der Waals surface area (Å²) in [5.74, 6) is -0.704. The third-order valence-corrected chi connectivity index (χ3v) is 4.02. The number of anilines is 1. The van der Waals surface area contributed by atoms with Crippen molar-refractivity contribution in [3.05, 3.63) is 87.6 Å². The first-order valence-electron chi connectivity index (χ1n) is 8.17. The van der Waals surface area contributed by atoms with Gasteiger partial charge in [-0.05, 0) is 31.5 Å². The number of ketones is 1. The average molecular weight is 346 g/mol. The van der Waals surface area contributed by atoms with Crippen molar-refractivity contribution in [2.75, 3.05) is 5.32 Å². The number of H-pyrrole nitrogens is 1. The van der Waals surface area contributed by atoms with Crippen molar-refractivity contribution in [3.63, 3.8) is 0 Å². The van der Waals surface area contributed by atoms with Crippen LogP contribution in [0.5, 0.6) is 0 Å². The SMILES string of the molecule is CC(=O)c1c(NC(=O)c2ccccc2)[nH]c(-c2ccc(C)cc2)cc1=O. The van der Waals surface area contributed by atoms with Gasteiger partial charge in [0.05, 0.1) is 5.69 Å². The van der Waals surface area contributed by atoms with Crippen LogP contribution in [-0.4, -0.2) is 16.7 Å². The number of rotatable bonds is 4. The lowest BCUT2D eigenvalue weighted by molar-refractivity contribution is 0.101. The number of carbonyl (C=O) groups excluding carboxylic acids is 2. The third-order valence-electron chi connectivity index (χ3n) is 4.02. The van der Waals surface area contributed by atoms with E-state index in [2.05, 4.69) is 10.3 Å². The van der Waals surface area contributed by atoms with Crippen molar-refractivity contribution in [1.29, 1.82) is 0 Å². The molecule has 0 bridgehead atoms. The molecule has 3 aromatic rings. The maximum Gasteiger partial charge on any atom is 0.256 e. The Labute approximate surface area is 150 Å². The molecule has 26 heavy (non-hydrogen) atoms. The van der Waals surface area contributed by atoms with Crippen LogP contribution in [0, 0.1) is 6.92 Å². The zero-order chi connectivity index (χ0) is 18.7. The molecule has 2 N–H and O–H groups in total. The fraction of sp³-hybridized carbons (Fsp3) is 0.0952. The van der Waals surface area contributed by atoms with Crippen molar-refractivity contribution < 1.29 is 9.59 Å². The van der Waals surface area contributed by atoms with Crippen LogP contribution in [0.2, 0.25) is 0 Å². The highest BCUT2D eigenvalue weighted by molar-refractivity contribution is 6.08. The number of hydrogen-bond acceptors (Lipinski definition) is 3. The van der Waals surface area contributed by atoms with E-state index in [1.807, 2.05) is 31.2 Å². The molecule has 0 aliphatic rings. The van der Waals surface area contributed by atoms with Gasteiger partial charge in [-0.2, -0.15) is 0 Å². The van der Waals surface area contributed by atoms with Gasteiger partial charge in [0.25, 0.3) is 5.91 Å². The standard InChI is InChI=1S/C21H18N2O3/c1-13-8-10-15(11-9-13)17-12-18(25)19(14(2)24)20(22-17)23-21(26)16-6-4-3-5-7-16/h3-12H,1-2H3,(H2,22,23,25,26). The number of hydrogen-bond donors (Lipinski definition) is 2. The predicted octanol–water partition coefficient (Wildman–Crippen LogP) is 3.81. The summed E-state index contributed by atoms with van der Waals surface area (Å²) in [6.07, 6.45) is 0. The highest BCUT2D eigenvalue weighted by Gasteiger charge is 2.17. The summed E-state index contributed by atoms with van der Waals surface area (Å²) in [6.45, 7) is 3.27. The van der Waals surface area contributed by atoms with Crippen molar-refractivity contribution in [3.8, 4) is 11.3 Å². The zero-order valence-corrected chi connectivity index (χ0v) is 14.5. The number of benzene rings is 2. The van der Waals surface area contributed by atoms with Gasteiger partial charge in [-0.25, -0.2) is 0 Å². The maximum atomic E-state index is 12.5. The second kappa shape index (κ2) is 7.19. The second-order valence-electron chi connectivity index (χ2n) is 6.04. The number of aryl methyl sites for hydroxylation is 1. The predicted molar refractivity (Wildman–Crippen MR) is 102 cm³/mol. The molecule has 0 saturated heterocycles. The van der Waals surface area contributed by atoms with Crippen LogP contribution < -0.4 is 10.7 Å². The lowest BCUT2D eigenvalue weighted by Gasteiger charge is -2.12. The molecule has 0 radical (unpaired) electrons. The van der Waals surface area contributed by atoms with Gasteiger partial charge in [0, 0.05) is 11.6 Å². The molecule has 0 aliphatic heterocycles. The van der Waals surface area contributed by atoms with E-state index in [1.165, 1.54) is 13.0 Å². The third kappa shape index (κ3) is 3.62. The topological polar surface area (TPSA) is 79.0 Å². The van der Waals surface area contributed by atoms with E-state index < -0.39 is 17.1 Å². The normalized spacial score (nSPS) is 10.4. The summed E-state index contributed by atoms with van der Waals surface area (Å²) in [5, 5.41) is 2.66. The number of amides is 1. The van der Waals surface area contributed by atoms with Crippen LogP contribution in [0.15, 0.2) is 65.5 Å². The highest BCUT2D eigenvalue weighted by atomic mass is 16.2. The van der Waals surface area contributed by atoms with Crippen LogP contribution in [0.1, 0.15) is 33.2 Å². The maximum absolute atomic E-state index is 12.5. The number of Topliss-reactive ketones (excluding diaryl/α,β-unsaturated/α-hetero) is 1. The molecule has 2 aromatic carbocycles. The van der Waals surface area contributed by atoms with Gasteiger partial charge in [0.1, 0.15) is 11.4 Å². The fourth-order valence-electron chi connectivity index (χ4n) is 2.67. The molecule has 0 unspecified atom stereocenters. The Kier molecular flexibility index (Phi) is 4.80. The number of aromatic amines is 1. The fourth-order valence-corrected chi connectivity index (χ4v) is 2.67. The lowest BCUT2D eigenvalue weighted by Crippen LogP contribution is -2.21. The first kappa shape index (κ1) is 17.4. The smallest absolute Gasteiger partial charge is 0.256 e. The molecule has 5 nitrogen and oxygen atoms in total. The molecule has 1 aromatic heterocycles. The first-order chi connectivity index (χ1) is 12.5. The van der Waals surface area contributed by atoms with Crippen LogP contribution in [-0.2, 0) is 0 Å². The van der Waals surface area contributed by atoms with Crippen molar-refractivity contribution >= 4 is 17.5 Å². The summed E-state index contributed by atoms with van der Waals surface area (Å²) in [5.41, 5.74) is 2.35. The molecule has 0 fully saturated rings. The Morgan fingerprint density at radius 3 is 2.23 bits per heavy atom. The van der Waals surface area contributed by atoms with E-state index >= 15 is 0 Å². The van der Waals surface area contributed by atoms with Crippen molar-refractivity contribution in [2.24, 2.45) is 0 Å². The summed E-state index contributed by atoms with van der Waals surface area (Å²) in [6, 6.07) is 17.6. The molecule has 130 valence electrons. The minimum atomic E-state index is -0.435. The zero-order valence-electron chi connectivity index (χ0n) is 14.5. The van der Waals surface area contributed by atoms with Gasteiger partial charge < -0.3 is 10.3 Å². The summed E-state index contributed by atoms with van der Waals surface area (Å²) >= 11 is 0. The van der Waals surface area contributed by atoms with Crippen LogP contribution >= 0.6 is 0 Å². The van der Waals surface area contributed by atoms with Crippen LogP contribution in [0.25, 0.3) is 11.3 Å². The van der Waals surface area contributed by atoms with E-state index in [-0.39, 0.29) is 11.4 Å². The highest BCUT2D eigenvalue weighted by Crippen LogP contribution is 2.20. The van der Waals surface area contributed by atoms with Gasteiger partial charge in [0.15, 0.2) is 11.2 Å². The molecular formula is C21H18N2O3. The van der Waals surface area contributed by atoms with Gasteiger partial charge in [-0.15, -0.1) is 0 Å². The molecule has 0 spiro atoms. The van der Waals surface area contributed by atoms with Crippen LogP contribution in [0.4, 0.5) is 5.82 Å². The van der Waals surface area contributed by atoms with E-state index in [0.717, 1.165) is 11.1 Å². The van der Waals surface area contributed by atoms with E-state index in [4.69, 9.17) is 0 Å². The number of aromatic nitrogens is 1. The summed E-state index contributed by atoms with van der Waals surface area (Å²) in [4.78, 5) is 39.9. The Hall–Kier alpha value is -3.47. The Balaban J connectivity index is 2.07. The molecule has 5 heteroatoms. The Bertz CT molecular complexity index is 1020. The summed E-state index contributed by atoms with van der Waals surface area (Å²) < 4.78 is 0. The number of pyridine rings is 1. The monoisotopic (exact) mass is 346 g/mol. The van der Waals surface area contributed by atoms with Gasteiger partial charge in [-0.1, -0.05) is 48.0 Å².